The van der Waals surface area contributed by atoms with Gasteiger partial charge < -0.3 is 9.47 Å². The molecule has 202 valence electrons. The Balaban J connectivity index is 1.47. The van der Waals surface area contributed by atoms with E-state index in [1.165, 1.54) is 0 Å². The van der Waals surface area contributed by atoms with Gasteiger partial charge in [0.2, 0.25) is 0 Å². The van der Waals surface area contributed by atoms with E-state index in [0.29, 0.717) is 11.1 Å². The molecule has 3 aliphatic rings. The fourth-order valence-corrected chi connectivity index (χ4v) is 7.22. The number of aryl methyl sites for hydroxylation is 6. The van der Waals surface area contributed by atoms with Gasteiger partial charge in [-0.3, -0.25) is 0 Å². The van der Waals surface area contributed by atoms with Crippen molar-refractivity contribution in [3.63, 3.8) is 0 Å². The third-order valence-corrected chi connectivity index (χ3v) is 8.56. The first-order valence-electron chi connectivity index (χ1n) is 13.9. The van der Waals surface area contributed by atoms with Crippen molar-refractivity contribution in [2.24, 2.45) is 0 Å². The zero-order valence-corrected chi connectivity index (χ0v) is 23.9. The molecule has 2 bridgehead atoms. The van der Waals surface area contributed by atoms with Gasteiger partial charge in [0.15, 0.2) is 12.2 Å². The molecule has 0 saturated heterocycles. The molecule has 3 aliphatic carbocycles. The van der Waals surface area contributed by atoms with Crippen molar-refractivity contribution in [1.29, 1.82) is 0 Å². The van der Waals surface area contributed by atoms with Gasteiger partial charge in [-0.25, -0.2) is 9.59 Å². The lowest BCUT2D eigenvalue weighted by Crippen LogP contribution is -2.51. The van der Waals surface area contributed by atoms with Gasteiger partial charge in [0, 0.05) is 0 Å². The minimum atomic E-state index is -0.669. The lowest BCUT2D eigenvalue weighted by molar-refractivity contribution is -0.0559. The van der Waals surface area contributed by atoms with E-state index in [0.717, 1.165) is 55.6 Å². The standard InChI is InChI=1S/C36H34O4/c1-19-15-21(3)29(22(4)16-19)35(37)39-33-31-25-11-7-9-13-27(25)32(28-14-10-8-12-26(28)31)34(33)40-36(38)30-23(5)17-20(2)18-24(30)6/h7-18,31-34H,1-6H3/t31-,32-,33?,34?. The number of hydrogen-bond donors (Lipinski definition) is 0. The van der Waals surface area contributed by atoms with Gasteiger partial charge in [-0.1, -0.05) is 83.9 Å². The largest absolute Gasteiger partial charge is 0.454 e. The third-order valence-electron chi connectivity index (χ3n) is 8.56. The highest BCUT2D eigenvalue weighted by Gasteiger charge is 2.54. The number of esters is 2. The van der Waals surface area contributed by atoms with Gasteiger partial charge in [-0.2, -0.15) is 0 Å². The topological polar surface area (TPSA) is 52.6 Å². The average molecular weight is 531 g/mol. The number of benzene rings is 4. The SMILES string of the molecule is Cc1cc(C)c(C(=O)OC2C(OC(=O)c3c(C)cc(C)cc3C)[C@H]3c4ccccc4[C@H]2c2ccccc23)c(C)c1. The maximum absolute atomic E-state index is 13.9. The molecule has 4 aromatic rings. The van der Waals surface area contributed by atoms with Gasteiger partial charge in [0.25, 0.3) is 0 Å². The Morgan fingerprint density at radius 2 is 0.775 bits per heavy atom. The molecule has 2 unspecified atom stereocenters. The van der Waals surface area contributed by atoms with Crippen LogP contribution in [0.5, 0.6) is 0 Å². The molecule has 40 heavy (non-hydrogen) atoms. The molecule has 4 nitrogen and oxygen atoms in total. The minimum Gasteiger partial charge on any atom is -0.454 e. The third kappa shape index (κ3) is 4.14. The van der Waals surface area contributed by atoms with Crippen LogP contribution < -0.4 is 0 Å². The Bertz CT molecular complexity index is 1460. The van der Waals surface area contributed by atoms with E-state index in [2.05, 4.69) is 24.3 Å². The van der Waals surface area contributed by atoms with Crippen LogP contribution in [0.15, 0.2) is 72.8 Å². The van der Waals surface area contributed by atoms with E-state index in [1.807, 2.05) is 90.1 Å². The van der Waals surface area contributed by atoms with Crippen LogP contribution in [0.3, 0.4) is 0 Å². The quantitative estimate of drug-likeness (QED) is 0.255. The number of ether oxygens (including phenoxy) is 2. The summed E-state index contributed by atoms with van der Waals surface area (Å²) in [7, 11) is 0. The molecule has 0 spiro atoms. The van der Waals surface area contributed by atoms with Crippen LogP contribution in [0.1, 0.15) is 88.2 Å². The maximum Gasteiger partial charge on any atom is 0.339 e. The van der Waals surface area contributed by atoms with Crippen molar-refractivity contribution < 1.29 is 19.1 Å². The predicted molar refractivity (Wildman–Crippen MR) is 156 cm³/mol. The van der Waals surface area contributed by atoms with E-state index in [-0.39, 0.29) is 23.8 Å². The lowest BCUT2D eigenvalue weighted by atomic mass is 9.61. The molecule has 4 aromatic carbocycles. The van der Waals surface area contributed by atoms with E-state index in [1.54, 1.807) is 0 Å². The molecule has 0 N–H and O–H groups in total. The van der Waals surface area contributed by atoms with Crippen LogP contribution in [-0.2, 0) is 9.47 Å². The number of carbonyl (C=O) groups excluding carboxylic acids is 2. The second kappa shape index (κ2) is 9.78. The zero-order valence-electron chi connectivity index (χ0n) is 23.9. The highest BCUT2D eigenvalue weighted by Crippen LogP contribution is 2.55. The number of rotatable bonds is 4. The van der Waals surface area contributed by atoms with Gasteiger partial charge in [-0.05, 0) is 86.1 Å². The summed E-state index contributed by atoms with van der Waals surface area (Å²) in [5.74, 6) is -1.26. The first kappa shape index (κ1) is 26.1. The van der Waals surface area contributed by atoms with Crippen LogP contribution >= 0.6 is 0 Å². The van der Waals surface area contributed by atoms with Crippen molar-refractivity contribution in [3.05, 3.63) is 140 Å². The van der Waals surface area contributed by atoms with Crippen LogP contribution in [0.2, 0.25) is 0 Å². The molecule has 4 heteroatoms. The Labute approximate surface area is 236 Å². The van der Waals surface area contributed by atoms with E-state index in [9.17, 15) is 9.59 Å². The van der Waals surface area contributed by atoms with Gasteiger partial charge >= 0.3 is 11.9 Å². The summed E-state index contributed by atoms with van der Waals surface area (Å²) in [5.41, 5.74) is 11.3. The average Bonchev–Trinajstić information content (AvgIpc) is 2.88. The van der Waals surface area contributed by atoms with Crippen molar-refractivity contribution in [3.8, 4) is 0 Å². The van der Waals surface area contributed by atoms with E-state index in [4.69, 9.17) is 9.47 Å². The summed E-state index contributed by atoms with van der Waals surface area (Å²) < 4.78 is 12.9. The summed E-state index contributed by atoms with van der Waals surface area (Å²) in [5, 5.41) is 0. The Morgan fingerprint density at radius 1 is 0.500 bits per heavy atom. The Morgan fingerprint density at radius 3 is 1.05 bits per heavy atom. The fraction of sp³-hybridized carbons (Fsp3) is 0.278. The van der Waals surface area contributed by atoms with Crippen molar-refractivity contribution in [2.45, 2.75) is 65.6 Å². The Hall–Kier alpha value is -4.18. The lowest BCUT2D eigenvalue weighted by Gasteiger charge is -2.49. The molecule has 0 radical (unpaired) electrons. The molecule has 0 aliphatic heterocycles. The summed E-state index contributed by atoms with van der Waals surface area (Å²) in [4.78, 5) is 27.7. The molecular formula is C36H34O4. The second-order valence-electron chi connectivity index (χ2n) is 11.5. The van der Waals surface area contributed by atoms with Crippen molar-refractivity contribution in [1.82, 2.24) is 0 Å². The van der Waals surface area contributed by atoms with Crippen LogP contribution in [0, 0.1) is 41.5 Å². The summed E-state index contributed by atoms with van der Waals surface area (Å²) in [6.45, 7) is 11.8. The normalized spacial score (nSPS) is 20.4. The summed E-state index contributed by atoms with van der Waals surface area (Å²) >= 11 is 0. The number of carbonyl (C=O) groups is 2. The Kier molecular flexibility index (Phi) is 6.37. The van der Waals surface area contributed by atoms with Gasteiger partial charge in [0.05, 0.1) is 23.0 Å². The smallest absolute Gasteiger partial charge is 0.339 e. The number of fused-ring (bicyclic) bond motifs is 1. The highest BCUT2D eigenvalue weighted by molar-refractivity contribution is 5.94. The molecule has 0 amide bonds. The van der Waals surface area contributed by atoms with Crippen LogP contribution in [-0.4, -0.2) is 24.1 Å². The molecule has 0 aromatic heterocycles. The van der Waals surface area contributed by atoms with E-state index < -0.39 is 12.2 Å². The minimum absolute atomic E-state index is 0.245. The monoisotopic (exact) mass is 530 g/mol. The van der Waals surface area contributed by atoms with Crippen LogP contribution in [0.4, 0.5) is 0 Å². The molecule has 2 atom stereocenters. The van der Waals surface area contributed by atoms with E-state index >= 15 is 0 Å². The highest BCUT2D eigenvalue weighted by atomic mass is 16.6. The fourth-order valence-electron chi connectivity index (χ4n) is 7.22. The first-order valence-corrected chi connectivity index (χ1v) is 13.9. The molecule has 7 rings (SSSR count). The second-order valence-corrected chi connectivity index (χ2v) is 11.5. The maximum atomic E-state index is 13.9. The molecule has 0 saturated carbocycles. The molecule has 0 heterocycles. The molecule has 0 fully saturated rings. The van der Waals surface area contributed by atoms with Crippen molar-refractivity contribution in [2.75, 3.05) is 0 Å². The summed E-state index contributed by atoms with van der Waals surface area (Å²) in [6.07, 6.45) is -1.34. The van der Waals surface area contributed by atoms with Crippen LogP contribution in [0.25, 0.3) is 0 Å². The predicted octanol–water partition coefficient (Wildman–Crippen LogP) is 7.58. The molecular weight excluding hydrogens is 496 g/mol. The first-order chi connectivity index (χ1) is 19.2. The summed E-state index contributed by atoms with van der Waals surface area (Å²) in [6, 6.07) is 24.5. The zero-order chi connectivity index (χ0) is 28.3. The number of hydrogen-bond acceptors (Lipinski definition) is 4. The van der Waals surface area contributed by atoms with Gasteiger partial charge in [0.1, 0.15) is 0 Å². The van der Waals surface area contributed by atoms with Crippen molar-refractivity contribution >= 4 is 11.9 Å². The van der Waals surface area contributed by atoms with Gasteiger partial charge in [-0.15, -0.1) is 0 Å².